The van der Waals surface area contributed by atoms with Gasteiger partial charge in [0.05, 0.1) is 7.11 Å². The molecule has 6 nitrogen and oxygen atoms in total. The quantitative estimate of drug-likeness (QED) is 0.514. The van der Waals surface area contributed by atoms with E-state index in [0.29, 0.717) is 0 Å². The largest absolute Gasteiger partial charge is 0.467 e. The summed E-state index contributed by atoms with van der Waals surface area (Å²) in [6.45, 7) is 5.09. The average Bonchev–Trinajstić information content (AvgIpc) is 2.70. The van der Waals surface area contributed by atoms with E-state index in [1.807, 2.05) is 30.3 Å². The molecule has 0 radical (unpaired) electrons. The minimum absolute atomic E-state index is 0.133. The summed E-state index contributed by atoms with van der Waals surface area (Å²) in [5, 5.41) is 0. The van der Waals surface area contributed by atoms with E-state index in [2.05, 4.69) is 0 Å². The van der Waals surface area contributed by atoms with Crippen molar-refractivity contribution >= 4 is 29.7 Å². The second kappa shape index (κ2) is 10.1. The topological polar surface area (TPSA) is 72.9 Å². The third-order valence-electron chi connectivity index (χ3n) is 3.77. The van der Waals surface area contributed by atoms with Crippen LogP contribution in [-0.2, 0) is 14.3 Å². The molecule has 7 heteroatoms. The third-order valence-corrected chi connectivity index (χ3v) is 4.85. The highest BCUT2D eigenvalue weighted by atomic mass is 32.2. The average molecular weight is 416 g/mol. The van der Waals surface area contributed by atoms with E-state index < -0.39 is 29.6 Å². The normalized spacial score (nSPS) is 12.0. The summed E-state index contributed by atoms with van der Waals surface area (Å²) < 4.78 is 10.3. The zero-order valence-electron chi connectivity index (χ0n) is 17.0. The molecule has 2 aromatic carbocycles. The Labute approximate surface area is 175 Å². The molecule has 1 atom stereocenters. The second-order valence-electron chi connectivity index (χ2n) is 7.18. The molecular formula is C22H25NO5S. The smallest absolute Gasteiger partial charge is 0.418 e. The predicted molar refractivity (Wildman–Crippen MR) is 112 cm³/mol. The number of rotatable bonds is 6. The van der Waals surface area contributed by atoms with Gasteiger partial charge in [-0.3, -0.25) is 4.79 Å². The molecule has 0 unspecified atom stereocenters. The number of hydrogen-bond acceptors (Lipinski definition) is 6. The number of methoxy groups -OCH3 is 1. The number of benzene rings is 2. The molecule has 0 spiro atoms. The standard InChI is InChI=1S/C22H25NO5S/c1-22(2,3)28-21(26)23(19(24)16-11-7-5-8-12-16)18(20(25)27-4)15-29-17-13-9-6-10-14-17/h5-14,18H,15H2,1-4H3/t18-/m0/s1. The number of carbonyl (C=O) groups is 3. The lowest BCUT2D eigenvalue weighted by molar-refractivity contribution is -0.145. The lowest BCUT2D eigenvalue weighted by Gasteiger charge is -2.30. The van der Waals surface area contributed by atoms with Crippen LogP contribution in [0.1, 0.15) is 31.1 Å². The van der Waals surface area contributed by atoms with Crippen molar-refractivity contribution in [2.75, 3.05) is 12.9 Å². The van der Waals surface area contributed by atoms with Gasteiger partial charge in [0.15, 0.2) is 6.04 Å². The third kappa shape index (κ3) is 6.64. The lowest BCUT2D eigenvalue weighted by Crippen LogP contribution is -2.52. The number of carbonyl (C=O) groups excluding carboxylic acids is 3. The predicted octanol–water partition coefficient (Wildman–Crippen LogP) is 4.40. The molecule has 0 fully saturated rings. The van der Waals surface area contributed by atoms with Crippen LogP contribution >= 0.6 is 11.8 Å². The minimum Gasteiger partial charge on any atom is -0.467 e. The molecule has 2 aromatic rings. The van der Waals surface area contributed by atoms with E-state index in [1.54, 1.807) is 51.1 Å². The van der Waals surface area contributed by atoms with Gasteiger partial charge in [0, 0.05) is 16.2 Å². The summed E-state index contributed by atoms with van der Waals surface area (Å²) in [6.07, 6.45) is -0.893. The molecule has 154 valence electrons. The van der Waals surface area contributed by atoms with Gasteiger partial charge in [0.2, 0.25) is 0 Å². The first kappa shape index (κ1) is 22.5. The highest BCUT2D eigenvalue weighted by Crippen LogP contribution is 2.23. The summed E-state index contributed by atoms with van der Waals surface area (Å²) >= 11 is 1.35. The molecule has 0 N–H and O–H groups in total. The molecule has 0 aliphatic carbocycles. The van der Waals surface area contributed by atoms with Gasteiger partial charge < -0.3 is 9.47 Å². The molecule has 0 bridgehead atoms. The van der Waals surface area contributed by atoms with Crippen molar-refractivity contribution in [1.82, 2.24) is 4.90 Å². The van der Waals surface area contributed by atoms with Crippen LogP contribution in [0.4, 0.5) is 4.79 Å². The lowest BCUT2D eigenvalue weighted by atomic mass is 10.1. The van der Waals surface area contributed by atoms with Gasteiger partial charge in [-0.25, -0.2) is 14.5 Å². The Morgan fingerprint density at radius 3 is 2.03 bits per heavy atom. The van der Waals surface area contributed by atoms with Gasteiger partial charge in [-0.15, -0.1) is 11.8 Å². The molecule has 0 aliphatic heterocycles. The monoisotopic (exact) mass is 415 g/mol. The highest BCUT2D eigenvalue weighted by Gasteiger charge is 2.38. The first-order valence-corrected chi connectivity index (χ1v) is 10.1. The Bertz CT molecular complexity index is 833. The van der Waals surface area contributed by atoms with E-state index in [9.17, 15) is 14.4 Å². The molecule has 0 saturated heterocycles. The second-order valence-corrected chi connectivity index (χ2v) is 8.28. The maximum Gasteiger partial charge on any atom is 0.418 e. The van der Waals surface area contributed by atoms with Crippen LogP contribution in [0, 0.1) is 0 Å². The van der Waals surface area contributed by atoms with Gasteiger partial charge in [-0.05, 0) is 45.0 Å². The number of amides is 2. The van der Waals surface area contributed by atoms with Gasteiger partial charge in [0.1, 0.15) is 5.60 Å². The van der Waals surface area contributed by atoms with Crippen LogP contribution in [0.2, 0.25) is 0 Å². The highest BCUT2D eigenvalue weighted by molar-refractivity contribution is 7.99. The summed E-state index contributed by atoms with van der Waals surface area (Å²) in [6, 6.07) is 16.5. The van der Waals surface area contributed by atoms with Crippen molar-refractivity contribution in [3.63, 3.8) is 0 Å². The fourth-order valence-corrected chi connectivity index (χ4v) is 3.44. The Morgan fingerprint density at radius 2 is 1.52 bits per heavy atom. The van der Waals surface area contributed by atoms with Crippen molar-refractivity contribution in [3.05, 3.63) is 66.2 Å². The van der Waals surface area contributed by atoms with Crippen molar-refractivity contribution in [2.45, 2.75) is 37.3 Å². The van der Waals surface area contributed by atoms with Gasteiger partial charge in [0.25, 0.3) is 5.91 Å². The molecule has 29 heavy (non-hydrogen) atoms. The van der Waals surface area contributed by atoms with Crippen molar-refractivity contribution in [3.8, 4) is 0 Å². The molecule has 0 saturated carbocycles. The molecule has 2 amide bonds. The molecule has 0 aromatic heterocycles. The fraction of sp³-hybridized carbons (Fsp3) is 0.318. The number of nitrogens with zero attached hydrogens (tertiary/aromatic N) is 1. The van der Waals surface area contributed by atoms with Crippen LogP contribution in [0.5, 0.6) is 0 Å². The van der Waals surface area contributed by atoms with Crippen LogP contribution < -0.4 is 0 Å². The Kier molecular flexibility index (Phi) is 7.84. The summed E-state index contributed by atoms with van der Waals surface area (Å²) in [4.78, 5) is 40.4. The first-order chi connectivity index (χ1) is 13.7. The fourth-order valence-electron chi connectivity index (χ4n) is 2.46. The Hall–Kier alpha value is -2.80. The summed E-state index contributed by atoms with van der Waals surface area (Å²) in [5.41, 5.74) is -0.559. The number of imide groups is 1. The van der Waals surface area contributed by atoms with Gasteiger partial charge in [-0.1, -0.05) is 36.4 Å². The van der Waals surface area contributed by atoms with Crippen molar-refractivity contribution < 1.29 is 23.9 Å². The number of ether oxygens (including phenoxy) is 2. The van der Waals surface area contributed by atoms with E-state index >= 15 is 0 Å². The number of esters is 1. The van der Waals surface area contributed by atoms with Gasteiger partial charge in [-0.2, -0.15) is 0 Å². The molecular weight excluding hydrogens is 390 g/mol. The molecule has 0 aliphatic rings. The van der Waals surface area contributed by atoms with E-state index in [-0.39, 0.29) is 11.3 Å². The zero-order chi connectivity index (χ0) is 21.4. The molecule has 0 heterocycles. The number of thioether (sulfide) groups is 1. The van der Waals surface area contributed by atoms with E-state index in [4.69, 9.17) is 9.47 Å². The molecule has 2 rings (SSSR count). The number of hydrogen-bond donors (Lipinski definition) is 0. The van der Waals surface area contributed by atoms with Crippen LogP contribution in [0.15, 0.2) is 65.6 Å². The van der Waals surface area contributed by atoms with Crippen molar-refractivity contribution in [1.29, 1.82) is 0 Å². The van der Waals surface area contributed by atoms with E-state index in [1.165, 1.54) is 18.9 Å². The first-order valence-electron chi connectivity index (χ1n) is 9.10. The van der Waals surface area contributed by atoms with Crippen LogP contribution in [-0.4, -0.2) is 47.4 Å². The van der Waals surface area contributed by atoms with Gasteiger partial charge >= 0.3 is 12.1 Å². The summed E-state index contributed by atoms with van der Waals surface area (Å²) in [5.74, 6) is -1.18. The van der Waals surface area contributed by atoms with Crippen LogP contribution in [0.3, 0.4) is 0 Å². The van der Waals surface area contributed by atoms with Crippen LogP contribution in [0.25, 0.3) is 0 Å². The Balaban J connectivity index is 2.38. The van der Waals surface area contributed by atoms with E-state index in [0.717, 1.165) is 9.80 Å². The summed E-state index contributed by atoms with van der Waals surface area (Å²) in [7, 11) is 1.22. The SMILES string of the molecule is COC(=O)[C@H](CSc1ccccc1)N(C(=O)OC(C)(C)C)C(=O)c1ccccc1. The maximum absolute atomic E-state index is 13.2. The maximum atomic E-state index is 13.2. The minimum atomic E-state index is -1.15. The Morgan fingerprint density at radius 1 is 0.966 bits per heavy atom. The zero-order valence-corrected chi connectivity index (χ0v) is 17.8. The van der Waals surface area contributed by atoms with Crippen molar-refractivity contribution in [2.24, 2.45) is 0 Å².